The average molecular weight is 632 g/mol. The van der Waals surface area contributed by atoms with Gasteiger partial charge in [0.05, 0.1) is 13.7 Å². The van der Waals surface area contributed by atoms with E-state index in [2.05, 4.69) is 5.32 Å². The molecule has 4 atom stereocenters. The van der Waals surface area contributed by atoms with Gasteiger partial charge in [-0.2, -0.15) is 0 Å². The van der Waals surface area contributed by atoms with E-state index in [0.29, 0.717) is 18.7 Å². The van der Waals surface area contributed by atoms with Gasteiger partial charge < -0.3 is 33.7 Å². The smallest absolute Gasteiger partial charge is 0.407 e. The summed E-state index contributed by atoms with van der Waals surface area (Å²) in [6.07, 6.45) is 1.41. The Morgan fingerprint density at radius 1 is 0.978 bits per heavy atom. The Labute approximate surface area is 262 Å². The van der Waals surface area contributed by atoms with Crippen LogP contribution in [0.2, 0.25) is 0 Å². The van der Waals surface area contributed by atoms with Crippen molar-refractivity contribution >= 4 is 12.1 Å². The molecule has 2 aliphatic rings. The van der Waals surface area contributed by atoms with Gasteiger partial charge in [0.1, 0.15) is 36.3 Å². The van der Waals surface area contributed by atoms with Crippen LogP contribution in [-0.2, 0) is 35.0 Å². The first kappa shape index (κ1) is 34.2. The van der Waals surface area contributed by atoms with Gasteiger partial charge in [0, 0.05) is 25.2 Å². The Balaban J connectivity index is 1.30. The molecular weight excluding hydrogens is 586 g/mol. The molecule has 0 bridgehead atoms. The molecule has 13 nitrogen and oxygen atoms in total. The molecule has 3 heterocycles. The summed E-state index contributed by atoms with van der Waals surface area (Å²) in [5, 5.41) is 2.72. The Kier molecular flexibility index (Phi) is 11.1. The van der Waals surface area contributed by atoms with Crippen molar-refractivity contribution in [3.05, 3.63) is 62.9 Å². The molecule has 1 aromatic carbocycles. The minimum atomic E-state index is -0.945. The lowest BCUT2D eigenvalue weighted by molar-refractivity contribution is -0.203. The van der Waals surface area contributed by atoms with Crippen LogP contribution in [0.4, 0.5) is 4.79 Å². The lowest BCUT2D eigenvalue weighted by atomic mass is 10.1. The fourth-order valence-electron chi connectivity index (χ4n) is 5.30. The molecule has 0 radical (unpaired) electrons. The number of alkyl carbamates (subject to hydrolysis) is 1. The summed E-state index contributed by atoms with van der Waals surface area (Å²) in [6, 6.07) is 8.41. The van der Waals surface area contributed by atoms with Crippen LogP contribution >= 0.6 is 0 Å². The van der Waals surface area contributed by atoms with Crippen molar-refractivity contribution in [3.8, 4) is 5.75 Å². The van der Waals surface area contributed by atoms with Gasteiger partial charge in [-0.1, -0.05) is 25.0 Å². The first-order valence-electron chi connectivity index (χ1n) is 15.3. The van der Waals surface area contributed by atoms with Crippen molar-refractivity contribution in [2.45, 2.75) is 109 Å². The molecular formula is C32H45N3O10. The molecule has 0 saturated carbocycles. The van der Waals surface area contributed by atoms with Crippen molar-refractivity contribution in [3.63, 3.8) is 0 Å². The molecule has 2 aromatic rings. The molecule has 0 unspecified atom stereocenters. The van der Waals surface area contributed by atoms with E-state index in [4.69, 9.17) is 28.4 Å². The lowest BCUT2D eigenvalue weighted by Gasteiger charge is -2.25. The zero-order valence-corrected chi connectivity index (χ0v) is 26.9. The highest BCUT2D eigenvalue weighted by atomic mass is 16.8. The number of amides is 1. The Bertz CT molecular complexity index is 1430. The SMILES string of the molecule is COc1ccc(Cn2c(=O)ccn([C@@H]3O[C@H](COC(=O)CCCCCCNC(=O)OC(C)(C)C)[C@H]4OC(C)(C)O[C@H]43)c2=O)cc1. The Hall–Kier alpha value is -3.68. The number of ether oxygens (including phenoxy) is 6. The molecule has 13 heteroatoms. The zero-order valence-electron chi connectivity index (χ0n) is 26.9. The molecule has 0 spiro atoms. The predicted octanol–water partition coefficient (Wildman–Crippen LogP) is 3.50. The number of hydrogen-bond donors (Lipinski definition) is 1. The summed E-state index contributed by atoms with van der Waals surface area (Å²) < 4.78 is 36.8. The van der Waals surface area contributed by atoms with E-state index >= 15 is 0 Å². The Morgan fingerprint density at radius 3 is 2.36 bits per heavy atom. The molecule has 1 aromatic heterocycles. The third-order valence-electron chi connectivity index (χ3n) is 7.38. The number of carbonyl (C=O) groups is 2. The second-order valence-electron chi connectivity index (χ2n) is 12.7. The molecule has 2 saturated heterocycles. The third-order valence-corrected chi connectivity index (χ3v) is 7.38. The number of methoxy groups -OCH3 is 1. The Morgan fingerprint density at radius 2 is 1.67 bits per heavy atom. The molecule has 1 N–H and O–H groups in total. The topological polar surface area (TPSA) is 146 Å². The maximum atomic E-state index is 13.5. The van der Waals surface area contributed by atoms with E-state index in [-0.39, 0.29) is 25.5 Å². The average Bonchev–Trinajstić information content (AvgIpc) is 3.45. The summed E-state index contributed by atoms with van der Waals surface area (Å²) in [5.74, 6) is -0.646. The highest BCUT2D eigenvalue weighted by molar-refractivity contribution is 5.69. The largest absolute Gasteiger partial charge is 0.497 e. The second kappa shape index (κ2) is 14.6. The van der Waals surface area contributed by atoms with Crippen LogP contribution in [0.5, 0.6) is 5.75 Å². The molecule has 2 aliphatic heterocycles. The van der Waals surface area contributed by atoms with E-state index in [1.165, 1.54) is 16.8 Å². The van der Waals surface area contributed by atoms with E-state index in [1.807, 2.05) is 20.8 Å². The molecule has 248 valence electrons. The number of aromatic nitrogens is 2. The minimum absolute atomic E-state index is 0.0630. The van der Waals surface area contributed by atoms with Crippen LogP contribution in [0.1, 0.15) is 78.5 Å². The van der Waals surface area contributed by atoms with Crippen molar-refractivity contribution in [1.82, 2.24) is 14.5 Å². The van der Waals surface area contributed by atoms with Crippen molar-refractivity contribution < 1.29 is 38.0 Å². The van der Waals surface area contributed by atoms with Gasteiger partial charge in [0.25, 0.3) is 5.56 Å². The molecule has 45 heavy (non-hydrogen) atoms. The number of benzene rings is 1. The first-order valence-corrected chi connectivity index (χ1v) is 15.3. The molecule has 2 fully saturated rings. The summed E-state index contributed by atoms with van der Waals surface area (Å²) in [7, 11) is 1.56. The predicted molar refractivity (Wildman–Crippen MR) is 163 cm³/mol. The minimum Gasteiger partial charge on any atom is -0.497 e. The number of fused-ring (bicyclic) bond motifs is 1. The number of unbranched alkanes of at least 4 members (excludes halogenated alkanes) is 3. The van der Waals surface area contributed by atoms with Gasteiger partial charge in [-0.15, -0.1) is 0 Å². The van der Waals surface area contributed by atoms with Gasteiger partial charge in [-0.05, 0) is 65.2 Å². The first-order chi connectivity index (χ1) is 21.3. The van der Waals surface area contributed by atoms with E-state index in [1.54, 1.807) is 45.2 Å². The van der Waals surface area contributed by atoms with Gasteiger partial charge in [-0.25, -0.2) is 9.59 Å². The molecule has 4 rings (SSSR count). The van der Waals surface area contributed by atoms with Crippen molar-refractivity contribution in [2.24, 2.45) is 0 Å². The van der Waals surface area contributed by atoms with Gasteiger partial charge in [0.15, 0.2) is 12.0 Å². The van der Waals surface area contributed by atoms with E-state index in [0.717, 1.165) is 29.4 Å². The third kappa shape index (κ3) is 9.41. The van der Waals surface area contributed by atoms with E-state index in [9.17, 15) is 19.2 Å². The zero-order chi connectivity index (χ0) is 32.8. The second-order valence-corrected chi connectivity index (χ2v) is 12.7. The highest BCUT2D eigenvalue weighted by Gasteiger charge is 2.56. The van der Waals surface area contributed by atoms with E-state index < -0.39 is 53.3 Å². The monoisotopic (exact) mass is 631 g/mol. The van der Waals surface area contributed by atoms with Crippen molar-refractivity contribution in [2.75, 3.05) is 20.3 Å². The fourth-order valence-corrected chi connectivity index (χ4v) is 5.30. The fraction of sp³-hybridized carbons (Fsp3) is 0.625. The molecule has 1 amide bonds. The molecule has 0 aliphatic carbocycles. The lowest BCUT2D eigenvalue weighted by Crippen LogP contribution is -2.43. The number of nitrogens with zero attached hydrogens (tertiary/aromatic N) is 2. The summed E-state index contributed by atoms with van der Waals surface area (Å²) in [6.45, 7) is 9.46. The highest BCUT2D eigenvalue weighted by Crippen LogP contribution is 2.42. The summed E-state index contributed by atoms with van der Waals surface area (Å²) in [5.41, 5.74) is -0.795. The van der Waals surface area contributed by atoms with Crippen LogP contribution in [0, 0.1) is 0 Å². The summed E-state index contributed by atoms with van der Waals surface area (Å²) in [4.78, 5) is 50.4. The van der Waals surface area contributed by atoms with Gasteiger partial charge in [0.2, 0.25) is 0 Å². The van der Waals surface area contributed by atoms with Gasteiger partial charge >= 0.3 is 17.8 Å². The van der Waals surface area contributed by atoms with Crippen LogP contribution in [0.15, 0.2) is 46.1 Å². The number of esters is 1. The summed E-state index contributed by atoms with van der Waals surface area (Å²) >= 11 is 0. The van der Waals surface area contributed by atoms with Crippen molar-refractivity contribution in [1.29, 1.82) is 0 Å². The van der Waals surface area contributed by atoms with Crippen LogP contribution in [0.3, 0.4) is 0 Å². The van der Waals surface area contributed by atoms with Crippen LogP contribution in [-0.4, -0.2) is 71.2 Å². The normalized spacial score (nSPS) is 22.1. The number of rotatable bonds is 13. The van der Waals surface area contributed by atoms with Gasteiger partial charge in [-0.3, -0.25) is 18.7 Å². The number of nitrogens with one attached hydrogen (secondary N) is 1. The standard InChI is InChI=1S/C32H45N3O10/c1-31(2,3)45-29(38)33-17-10-8-7-9-11-25(37)41-20-23-26-27(44-32(4,5)43-26)28(42-23)34-18-16-24(36)35(30(34)39)19-21-12-14-22(40-6)15-13-21/h12-16,18,23,26-28H,7-11,17,19-20H2,1-6H3,(H,33,38)/t23-,26-,27-,28-/m1/s1. The maximum Gasteiger partial charge on any atom is 0.407 e. The quantitative estimate of drug-likeness (QED) is 0.258. The number of carbonyl (C=O) groups excluding carboxylic acids is 2. The van der Waals surface area contributed by atoms with Crippen LogP contribution in [0.25, 0.3) is 0 Å². The number of hydrogen-bond acceptors (Lipinski definition) is 10. The van der Waals surface area contributed by atoms with Crippen LogP contribution < -0.4 is 21.3 Å². The maximum absolute atomic E-state index is 13.5.